The monoisotopic (exact) mass is 682 g/mol. The molecule has 1 fully saturated rings. The zero-order valence-corrected chi connectivity index (χ0v) is 26.9. The molecule has 1 amide bonds. The lowest BCUT2D eigenvalue weighted by molar-refractivity contribution is -0.0501. The van der Waals surface area contributed by atoms with Gasteiger partial charge in [0.05, 0.1) is 29.3 Å². The van der Waals surface area contributed by atoms with Crippen molar-refractivity contribution < 1.29 is 33.4 Å². The molecule has 1 aliphatic rings. The van der Waals surface area contributed by atoms with Gasteiger partial charge in [0.15, 0.2) is 23.1 Å². The second-order valence-electron chi connectivity index (χ2n) is 11.7. The number of amides is 1. The summed E-state index contributed by atoms with van der Waals surface area (Å²) in [5, 5.41) is 11.4. The Morgan fingerprint density at radius 2 is 1.16 bits per heavy atom. The largest absolute Gasteiger partial charge is 0.462 e. The number of nitrogens with one attached hydrogen (secondary N) is 1. The van der Waals surface area contributed by atoms with Crippen LogP contribution in [0.5, 0.6) is 0 Å². The first-order valence-electron chi connectivity index (χ1n) is 16.1. The molecule has 0 radical (unpaired) electrons. The smallest absolute Gasteiger partial charge is 0.338 e. The standard InChI is InChI=1S/C38H30N6O7/c45-35(24-13-5-1-6-14-24)41-33-30-34(40-23-39-33)44(43-42-30)29-21-28(22-49-36(46)25-15-7-2-8-16-25)31(50-37(47)26-17-9-3-10-18-26)32(29)51-38(48)27-19-11-4-12-20-27/h1-20,23,28-29,31-32H,21-22H2,(H,39,40,41,45)/t28-,29-,31-,32+/m1/s1. The highest BCUT2D eigenvalue weighted by atomic mass is 16.6. The van der Waals surface area contributed by atoms with E-state index in [0.717, 1.165) is 0 Å². The lowest BCUT2D eigenvalue weighted by Crippen LogP contribution is -2.39. The zero-order chi connectivity index (χ0) is 35.2. The van der Waals surface area contributed by atoms with E-state index in [1.165, 1.54) is 11.0 Å². The van der Waals surface area contributed by atoms with E-state index in [1.54, 1.807) is 121 Å². The third kappa shape index (κ3) is 7.17. The number of esters is 3. The fourth-order valence-corrected chi connectivity index (χ4v) is 6.00. The molecule has 6 aromatic rings. The average molecular weight is 683 g/mol. The average Bonchev–Trinajstić information content (AvgIpc) is 3.76. The molecule has 13 nitrogen and oxygen atoms in total. The SMILES string of the molecule is O=C(Nc1ncnc2c1nnn2[C@@H]1C[C@H](COC(=O)c2ccccc2)[C@@H](OC(=O)c2ccccc2)[C@H]1OC(=O)c1ccccc1)c1ccccc1. The predicted octanol–water partition coefficient (Wildman–Crippen LogP) is 5.34. The quantitative estimate of drug-likeness (QED) is 0.146. The number of carbonyl (C=O) groups excluding carboxylic acids is 4. The Labute approximate surface area is 291 Å². The van der Waals surface area contributed by atoms with Gasteiger partial charge >= 0.3 is 17.9 Å². The van der Waals surface area contributed by atoms with Gasteiger partial charge in [0.2, 0.25) is 0 Å². The van der Waals surface area contributed by atoms with Crippen LogP contribution in [0.4, 0.5) is 5.82 Å². The second kappa shape index (κ2) is 14.8. The van der Waals surface area contributed by atoms with Crippen LogP contribution in [0.25, 0.3) is 11.2 Å². The molecule has 1 aliphatic carbocycles. The third-order valence-electron chi connectivity index (χ3n) is 8.50. The molecule has 0 bridgehead atoms. The van der Waals surface area contributed by atoms with E-state index >= 15 is 0 Å². The number of carbonyl (C=O) groups is 4. The van der Waals surface area contributed by atoms with E-state index in [9.17, 15) is 19.2 Å². The number of fused-ring (bicyclic) bond motifs is 1. The molecule has 4 atom stereocenters. The van der Waals surface area contributed by atoms with Gasteiger partial charge in [0.25, 0.3) is 5.91 Å². The Morgan fingerprint density at radius 1 is 0.647 bits per heavy atom. The Balaban J connectivity index is 1.25. The first-order valence-corrected chi connectivity index (χ1v) is 16.1. The first kappa shape index (κ1) is 32.8. The molecule has 254 valence electrons. The van der Waals surface area contributed by atoms with Crippen LogP contribution in [0.2, 0.25) is 0 Å². The summed E-state index contributed by atoms with van der Waals surface area (Å²) in [5.41, 5.74) is 1.74. The molecule has 2 heterocycles. The van der Waals surface area contributed by atoms with Crippen LogP contribution in [0.15, 0.2) is 128 Å². The fourth-order valence-electron chi connectivity index (χ4n) is 6.00. The molecule has 13 heteroatoms. The van der Waals surface area contributed by atoms with Gasteiger partial charge in [-0.1, -0.05) is 78.0 Å². The van der Waals surface area contributed by atoms with Gasteiger partial charge in [-0.15, -0.1) is 5.10 Å². The number of anilines is 1. The Morgan fingerprint density at radius 3 is 1.73 bits per heavy atom. The van der Waals surface area contributed by atoms with Crippen molar-refractivity contribution in [3.63, 3.8) is 0 Å². The highest BCUT2D eigenvalue weighted by molar-refractivity contribution is 6.06. The molecule has 4 aromatic carbocycles. The number of hydrogen-bond donors (Lipinski definition) is 1. The number of aromatic nitrogens is 5. The third-order valence-corrected chi connectivity index (χ3v) is 8.50. The normalized spacial score (nSPS) is 18.1. The van der Waals surface area contributed by atoms with Crippen LogP contribution >= 0.6 is 0 Å². The van der Waals surface area contributed by atoms with Gasteiger partial charge in [-0.25, -0.2) is 29.0 Å². The Bertz CT molecular complexity index is 2160. The molecule has 51 heavy (non-hydrogen) atoms. The van der Waals surface area contributed by atoms with Crippen LogP contribution in [0, 0.1) is 5.92 Å². The molecule has 2 aromatic heterocycles. The maximum Gasteiger partial charge on any atom is 0.338 e. The van der Waals surface area contributed by atoms with Crippen molar-refractivity contribution >= 4 is 40.8 Å². The maximum absolute atomic E-state index is 13.6. The second-order valence-corrected chi connectivity index (χ2v) is 11.7. The molecule has 1 N–H and O–H groups in total. The topological polar surface area (TPSA) is 164 Å². The van der Waals surface area contributed by atoms with Crippen molar-refractivity contribution in [2.75, 3.05) is 11.9 Å². The van der Waals surface area contributed by atoms with Crippen molar-refractivity contribution in [1.82, 2.24) is 25.0 Å². The highest BCUT2D eigenvalue weighted by Crippen LogP contribution is 2.41. The minimum atomic E-state index is -1.13. The lowest BCUT2D eigenvalue weighted by Gasteiger charge is -2.27. The number of ether oxygens (including phenoxy) is 3. The number of rotatable bonds is 10. The fraction of sp³-hybridized carbons (Fsp3) is 0.158. The van der Waals surface area contributed by atoms with Crippen LogP contribution in [0.3, 0.4) is 0 Å². The molecular formula is C38H30N6O7. The van der Waals surface area contributed by atoms with Crippen LogP contribution in [-0.2, 0) is 14.2 Å². The van der Waals surface area contributed by atoms with Crippen molar-refractivity contribution in [2.24, 2.45) is 5.92 Å². The summed E-state index contributed by atoms with van der Waals surface area (Å²) in [6, 6.07) is 33.1. The molecule has 7 rings (SSSR count). The summed E-state index contributed by atoms with van der Waals surface area (Å²) in [6.07, 6.45) is -0.782. The maximum atomic E-state index is 13.6. The summed E-state index contributed by atoms with van der Waals surface area (Å²) in [7, 11) is 0. The number of benzene rings is 4. The van der Waals surface area contributed by atoms with E-state index in [4.69, 9.17) is 14.2 Å². The zero-order valence-electron chi connectivity index (χ0n) is 26.9. The highest BCUT2D eigenvalue weighted by Gasteiger charge is 2.51. The number of nitrogens with zero attached hydrogens (tertiary/aromatic N) is 5. The summed E-state index contributed by atoms with van der Waals surface area (Å²) in [5.74, 6) is -2.82. The summed E-state index contributed by atoms with van der Waals surface area (Å²) in [4.78, 5) is 61.7. The van der Waals surface area contributed by atoms with Gasteiger partial charge in [-0.3, -0.25) is 4.79 Å². The first-order chi connectivity index (χ1) is 25.0. The van der Waals surface area contributed by atoms with E-state index in [1.807, 2.05) is 0 Å². The Hall–Kier alpha value is -6.76. The van der Waals surface area contributed by atoms with Crippen LogP contribution < -0.4 is 5.32 Å². The van der Waals surface area contributed by atoms with Gasteiger partial charge < -0.3 is 19.5 Å². The lowest BCUT2D eigenvalue weighted by atomic mass is 10.1. The van der Waals surface area contributed by atoms with Gasteiger partial charge in [-0.05, 0) is 55.0 Å². The summed E-state index contributed by atoms with van der Waals surface area (Å²) >= 11 is 0. The van der Waals surface area contributed by atoms with E-state index in [2.05, 4.69) is 25.6 Å². The summed E-state index contributed by atoms with van der Waals surface area (Å²) < 4.78 is 19.4. The van der Waals surface area contributed by atoms with Gasteiger partial charge in [-0.2, -0.15) is 0 Å². The van der Waals surface area contributed by atoms with Gasteiger partial charge in [0.1, 0.15) is 12.4 Å². The molecule has 0 saturated heterocycles. The van der Waals surface area contributed by atoms with E-state index in [-0.39, 0.29) is 41.1 Å². The molecule has 0 aliphatic heterocycles. The molecule has 0 spiro atoms. The molecule has 1 saturated carbocycles. The van der Waals surface area contributed by atoms with Crippen LogP contribution in [-0.4, -0.2) is 67.6 Å². The van der Waals surface area contributed by atoms with E-state index < -0.39 is 48.0 Å². The van der Waals surface area contributed by atoms with Crippen molar-refractivity contribution in [3.05, 3.63) is 150 Å². The van der Waals surface area contributed by atoms with Crippen molar-refractivity contribution in [3.8, 4) is 0 Å². The summed E-state index contributed by atoms with van der Waals surface area (Å²) in [6.45, 7) is -0.170. The minimum absolute atomic E-state index is 0.122. The molecule has 0 unspecified atom stereocenters. The molecular weight excluding hydrogens is 652 g/mol. The van der Waals surface area contributed by atoms with E-state index in [0.29, 0.717) is 11.1 Å². The van der Waals surface area contributed by atoms with Crippen molar-refractivity contribution in [1.29, 1.82) is 0 Å². The van der Waals surface area contributed by atoms with Crippen molar-refractivity contribution in [2.45, 2.75) is 24.7 Å². The predicted molar refractivity (Wildman–Crippen MR) is 183 cm³/mol. The van der Waals surface area contributed by atoms with Gasteiger partial charge in [0, 0.05) is 11.5 Å². The Kier molecular flexibility index (Phi) is 9.50. The minimum Gasteiger partial charge on any atom is -0.462 e. The number of hydrogen-bond acceptors (Lipinski definition) is 11. The van der Waals surface area contributed by atoms with Crippen LogP contribution in [0.1, 0.15) is 53.9 Å².